The molecule has 0 bridgehead atoms. The lowest BCUT2D eigenvalue weighted by atomic mass is 10.0. The molecule has 14 heavy (non-hydrogen) atoms. The molecule has 1 aliphatic heterocycles. The van der Waals surface area contributed by atoms with Gasteiger partial charge in [-0.1, -0.05) is 13.8 Å². The van der Waals surface area contributed by atoms with Crippen LogP contribution in [0.2, 0.25) is 0 Å². The maximum atomic E-state index is 11.5. The highest BCUT2D eigenvalue weighted by Crippen LogP contribution is 2.08. The number of carbonyl (C=O) groups excluding carboxylic acids is 1. The molecular weight excluding hydrogens is 176 g/mol. The third-order valence-corrected chi connectivity index (χ3v) is 2.62. The molecular formula is C11H22N2O. The fraction of sp³-hybridized carbons (Fsp3) is 0.909. The zero-order valence-corrected chi connectivity index (χ0v) is 9.47. The van der Waals surface area contributed by atoms with Crippen molar-refractivity contribution in [3.63, 3.8) is 0 Å². The van der Waals surface area contributed by atoms with E-state index in [9.17, 15) is 4.79 Å². The number of hydrogen-bond acceptors (Lipinski definition) is 2. The Morgan fingerprint density at radius 1 is 1.50 bits per heavy atom. The van der Waals surface area contributed by atoms with Crippen molar-refractivity contribution in [1.29, 1.82) is 0 Å². The Morgan fingerprint density at radius 3 is 2.71 bits per heavy atom. The van der Waals surface area contributed by atoms with Gasteiger partial charge in [0, 0.05) is 25.0 Å². The van der Waals surface area contributed by atoms with Crippen LogP contribution in [0.5, 0.6) is 0 Å². The summed E-state index contributed by atoms with van der Waals surface area (Å²) < 4.78 is 0. The van der Waals surface area contributed by atoms with E-state index in [2.05, 4.69) is 31.4 Å². The maximum Gasteiger partial charge on any atom is 0.220 e. The van der Waals surface area contributed by atoms with Crippen molar-refractivity contribution in [3.8, 4) is 0 Å². The van der Waals surface area contributed by atoms with E-state index in [4.69, 9.17) is 0 Å². The minimum atomic E-state index is 0.196. The first-order valence-corrected chi connectivity index (χ1v) is 5.60. The van der Waals surface area contributed by atoms with Gasteiger partial charge in [-0.2, -0.15) is 0 Å². The van der Waals surface area contributed by atoms with E-state index in [1.165, 1.54) is 0 Å². The SMILES string of the molecule is CC(C)CC(=O)NC1CCC(C)NC1. The molecule has 3 nitrogen and oxygen atoms in total. The molecule has 1 fully saturated rings. The van der Waals surface area contributed by atoms with E-state index in [0.717, 1.165) is 19.4 Å². The van der Waals surface area contributed by atoms with Crippen LogP contribution in [0.15, 0.2) is 0 Å². The van der Waals surface area contributed by atoms with Crippen molar-refractivity contribution in [1.82, 2.24) is 10.6 Å². The van der Waals surface area contributed by atoms with Crippen LogP contribution in [-0.2, 0) is 4.79 Å². The van der Waals surface area contributed by atoms with Crippen LogP contribution in [-0.4, -0.2) is 24.5 Å². The van der Waals surface area contributed by atoms with Crippen LogP contribution in [0.25, 0.3) is 0 Å². The number of hydrogen-bond donors (Lipinski definition) is 2. The molecule has 1 saturated heterocycles. The second kappa shape index (κ2) is 5.35. The van der Waals surface area contributed by atoms with Crippen molar-refractivity contribution in [2.24, 2.45) is 5.92 Å². The molecule has 82 valence electrons. The highest BCUT2D eigenvalue weighted by atomic mass is 16.1. The van der Waals surface area contributed by atoms with Gasteiger partial charge in [0.15, 0.2) is 0 Å². The van der Waals surface area contributed by atoms with Crippen LogP contribution in [0.3, 0.4) is 0 Å². The zero-order valence-electron chi connectivity index (χ0n) is 9.47. The highest BCUT2D eigenvalue weighted by Gasteiger charge is 2.18. The van der Waals surface area contributed by atoms with Gasteiger partial charge >= 0.3 is 0 Å². The van der Waals surface area contributed by atoms with Gasteiger partial charge in [0.1, 0.15) is 0 Å². The van der Waals surface area contributed by atoms with Gasteiger partial charge in [-0.3, -0.25) is 4.79 Å². The standard InChI is InChI=1S/C11H22N2O/c1-8(2)6-11(14)13-10-5-4-9(3)12-7-10/h8-10,12H,4-7H2,1-3H3,(H,13,14). The summed E-state index contributed by atoms with van der Waals surface area (Å²) in [6.45, 7) is 7.25. The summed E-state index contributed by atoms with van der Waals surface area (Å²) in [6, 6.07) is 0.950. The summed E-state index contributed by atoms with van der Waals surface area (Å²) >= 11 is 0. The molecule has 2 atom stereocenters. The molecule has 0 aromatic heterocycles. The molecule has 1 aliphatic rings. The Labute approximate surface area is 86.6 Å². The first-order chi connectivity index (χ1) is 6.58. The highest BCUT2D eigenvalue weighted by molar-refractivity contribution is 5.76. The van der Waals surface area contributed by atoms with Crippen molar-refractivity contribution in [2.75, 3.05) is 6.54 Å². The van der Waals surface area contributed by atoms with Crippen LogP contribution in [0, 0.1) is 5.92 Å². The summed E-state index contributed by atoms with van der Waals surface area (Å²) in [7, 11) is 0. The third-order valence-electron chi connectivity index (χ3n) is 2.62. The van der Waals surface area contributed by atoms with Crippen molar-refractivity contribution < 1.29 is 4.79 Å². The van der Waals surface area contributed by atoms with Gasteiger partial charge < -0.3 is 10.6 Å². The Hall–Kier alpha value is -0.570. The normalized spacial score (nSPS) is 27.7. The van der Waals surface area contributed by atoms with E-state index in [0.29, 0.717) is 24.4 Å². The Morgan fingerprint density at radius 2 is 2.21 bits per heavy atom. The van der Waals surface area contributed by atoms with Crippen LogP contribution >= 0.6 is 0 Å². The van der Waals surface area contributed by atoms with Crippen molar-refractivity contribution in [3.05, 3.63) is 0 Å². The summed E-state index contributed by atoms with van der Waals surface area (Å²) in [5.74, 6) is 0.645. The van der Waals surface area contributed by atoms with Gasteiger partial charge in [0.2, 0.25) is 5.91 Å². The lowest BCUT2D eigenvalue weighted by Gasteiger charge is -2.28. The zero-order chi connectivity index (χ0) is 10.6. The first-order valence-electron chi connectivity index (χ1n) is 5.60. The lowest BCUT2D eigenvalue weighted by molar-refractivity contribution is -0.122. The summed E-state index contributed by atoms with van der Waals surface area (Å²) in [4.78, 5) is 11.5. The molecule has 0 spiro atoms. The summed E-state index contributed by atoms with van der Waals surface area (Å²) in [6.07, 6.45) is 2.91. The van der Waals surface area contributed by atoms with E-state index < -0.39 is 0 Å². The topological polar surface area (TPSA) is 41.1 Å². The average molecular weight is 198 g/mol. The van der Waals surface area contributed by atoms with Crippen LogP contribution in [0.1, 0.15) is 40.0 Å². The number of rotatable bonds is 3. The Kier molecular flexibility index (Phi) is 4.39. The van der Waals surface area contributed by atoms with Gasteiger partial charge in [0.05, 0.1) is 0 Å². The third kappa shape index (κ3) is 4.09. The van der Waals surface area contributed by atoms with E-state index >= 15 is 0 Å². The second-order valence-corrected chi connectivity index (χ2v) is 4.75. The number of nitrogens with one attached hydrogen (secondary N) is 2. The van der Waals surface area contributed by atoms with Gasteiger partial charge in [-0.15, -0.1) is 0 Å². The quantitative estimate of drug-likeness (QED) is 0.717. The molecule has 0 aromatic rings. The molecule has 2 unspecified atom stereocenters. The summed E-state index contributed by atoms with van der Waals surface area (Å²) in [5, 5.41) is 6.45. The van der Waals surface area contributed by atoms with E-state index in [1.807, 2.05) is 0 Å². The van der Waals surface area contributed by atoms with Crippen LogP contribution in [0.4, 0.5) is 0 Å². The number of carbonyl (C=O) groups is 1. The monoisotopic (exact) mass is 198 g/mol. The molecule has 1 heterocycles. The molecule has 0 saturated carbocycles. The predicted octanol–water partition coefficient (Wildman–Crippen LogP) is 1.29. The minimum absolute atomic E-state index is 0.196. The minimum Gasteiger partial charge on any atom is -0.352 e. The molecule has 2 N–H and O–H groups in total. The lowest BCUT2D eigenvalue weighted by Crippen LogP contribution is -2.48. The van der Waals surface area contributed by atoms with Crippen molar-refractivity contribution >= 4 is 5.91 Å². The molecule has 0 radical (unpaired) electrons. The van der Waals surface area contributed by atoms with E-state index in [-0.39, 0.29) is 5.91 Å². The molecule has 0 aliphatic carbocycles. The van der Waals surface area contributed by atoms with Crippen LogP contribution < -0.4 is 10.6 Å². The summed E-state index contributed by atoms with van der Waals surface area (Å²) in [5.41, 5.74) is 0. The maximum absolute atomic E-state index is 11.5. The van der Waals surface area contributed by atoms with Gasteiger partial charge in [-0.05, 0) is 25.7 Å². The van der Waals surface area contributed by atoms with Crippen molar-refractivity contribution in [2.45, 2.75) is 52.1 Å². The first kappa shape index (κ1) is 11.5. The molecule has 0 aromatic carbocycles. The largest absolute Gasteiger partial charge is 0.352 e. The second-order valence-electron chi connectivity index (χ2n) is 4.75. The van der Waals surface area contributed by atoms with Gasteiger partial charge in [0.25, 0.3) is 0 Å². The Bertz CT molecular complexity index is 184. The predicted molar refractivity (Wildman–Crippen MR) is 58.1 cm³/mol. The van der Waals surface area contributed by atoms with E-state index in [1.54, 1.807) is 0 Å². The average Bonchev–Trinajstić information content (AvgIpc) is 2.07. The molecule has 1 rings (SSSR count). The fourth-order valence-electron chi connectivity index (χ4n) is 1.78. The Balaban J connectivity index is 2.20. The van der Waals surface area contributed by atoms with Gasteiger partial charge in [-0.25, -0.2) is 0 Å². The molecule has 3 heteroatoms. The fourth-order valence-corrected chi connectivity index (χ4v) is 1.78. The number of amides is 1. The smallest absolute Gasteiger partial charge is 0.220 e. The number of piperidine rings is 1. The molecule has 1 amide bonds.